The molecule has 0 fully saturated rings. The van der Waals surface area contributed by atoms with Gasteiger partial charge in [-0.05, 0) is 24.6 Å². The Morgan fingerprint density at radius 1 is 1.00 bits per heavy atom. The third-order valence-electron chi connectivity index (χ3n) is 7.52. The number of rotatable bonds is 14. The molecular weight excluding hydrogens is 550 g/mol. The van der Waals surface area contributed by atoms with Crippen molar-refractivity contribution in [1.29, 1.82) is 0 Å². The van der Waals surface area contributed by atoms with Gasteiger partial charge in [0.1, 0.15) is 18.0 Å². The lowest BCUT2D eigenvalue weighted by Gasteiger charge is -2.44. The molecule has 0 amide bonds. The van der Waals surface area contributed by atoms with E-state index in [0.717, 1.165) is 48.8 Å². The first-order valence-electron chi connectivity index (χ1n) is 14.8. The number of benzene rings is 2. The molecule has 0 radical (unpaired) electrons. The number of carbonyl (C=O) groups excluding carboxylic acids is 2. The number of hydrogen-bond acceptors (Lipinski definition) is 8. The minimum atomic E-state index is -0.469. The third kappa shape index (κ3) is 8.26. The molecule has 9 heteroatoms. The Kier molecular flexibility index (Phi) is 11.3. The maximum absolute atomic E-state index is 13.3. The molecule has 0 saturated heterocycles. The van der Waals surface area contributed by atoms with Gasteiger partial charge in [0, 0.05) is 23.5 Å². The van der Waals surface area contributed by atoms with Crippen LogP contribution < -0.4 is 9.47 Å². The molecule has 2 aromatic carbocycles. The van der Waals surface area contributed by atoms with Crippen LogP contribution in [0.1, 0.15) is 74.5 Å². The number of quaternary nitrogens is 1. The van der Waals surface area contributed by atoms with E-state index >= 15 is 0 Å². The molecule has 42 heavy (non-hydrogen) atoms. The van der Waals surface area contributed by atoms with Crippen molar-refractivity contribution < 1.29 is 28.3 Å². The summed E-state index contributed by atoms with van der Waals surface area (Å²) in [5.41, 5.74) is 2.91. The molecule has 3 aromatic rings. The summed E-state index contributed by atoms with van der Waals surface area (Å²) >= 11 is 1.16. The van der Waals surface area contributed by atoms with Gasteiger partial charge in [0.2, 0.25) is 6.23 Å². The molecule has 0 aliphatic carbocycles. The molecule has 2 atom stereocenters. The van der Waals surface area contributed by atoms with E-state index in [4.69, 9.17) is 14.2 Å². The number of unbranched alkanes of at least 4 members (excludes halogenated alkanes) is 3. The van der Waals surface area contributed by atoms with Crippen LogP contribution in [-0.2, 0) is 16.0 Å². The number of esters is 2. The highest BCUT2D eigenvalue weighted by atomic mass is 32.1. The highest BCUT2D eigenvalue weighted by Gasteiger charge is 2.41. The maximum atomic E-state index is 13.3. The van der Waals surface area contributed by atoms with Crippen LogP contribution in [0.5, 0.6) is 11.6 Å². The van der Waals surface area contributed by atoms with Gasteiger partial charge < -0.3 is 14.2 Å². The van der Waals surface area contributed by atoms with Crippen molar-refractivity contribution in [1.82, 2.24) is 8.75 Å². The van der Waals surface area contributed by atoms with Crippen molar-refractivity contribution in [2.75, 3.05) is 26.7 Å². The van der Waals surface area contributed by atoms with Crippen LogP contribution in [0.25, 0.3) is 5.57 Å². The number of para-hydroxylation sites is 1. The van der Waals surface area contributed by atoms with Crippen molar-refractivity contribution >= 4 is 29.2 Å². The van der Waals surface area contributed by atoms with E-state index in [1.54, 1.807) is 42.5 Å². The van der Waals surface area contributed by atoms with Crippen molar-refractivity contribution in [2.24, 2.45) is 5.92 Å². The Hall–Kier alpha value is -3.56. The predicted molar refractivity (Wildman–Crippen MR) is 164 cm³/mol. The molecule has 0 spiro atoms. The zero-order chi connectivity index (χ0) is 30.0. The van der Waals surface area contributed by atoms with Crippen molar-refractivity contribution in [3.63, 3.8) is 0 Å². The van der Waals surface area contributed by atoms with Crippen LogP contribution in [0, 0.1) is 5.92 Å². The zero-order valence-electron chi connectivity index (χ0n) is 25.1. The Labute approximate surface area is 253 Å². The van der Waals surface area contributed by atoms with Gasteiger partial charge in [-0.2, -0.15) is 4.37 Å². The highest BCUT2D eigenvalue weighted by molar-refractivity contribution is 6.99. The maximum Gasteiger partial charge on any atom is 0.343 e. The first kappa shape index (κ1) is 31.4. The number of nitrogens with zero attached hydrogens (tertiary/aromatic N) is 3. The first-order chi connectivity index (χ1) is 20.3. The van der Waals surface area contributed by atoms with E-state index in [9.17, 15) is 9.59 Å². The summed E-state index contributed by atoms with van der Waals surface area (Å²) < 4.78 is 27.4. The number of carbonyl (C=O) groups is 2. The SMILES string of the molecule is CCCCCCOc1nsnc1C1=CCC[N+](C)(C(OC(=O)Cc2ccccc2OC(=O)c2ccccc2)C(C)C)C1. The van der Waals surface area contributed by atoms with Gasteiger partial charge in [0.05, 0.1) is 43.9 Å². The second-order valence-corrected chi connectivity index (χ2v) is 11.9. The van der Waals surface area contributed by atoms with E-state index in [1.807, 2.05) is 12.1 Å². The van der Waals surface area contributed by atoms with E-state index < -0.39 is 5.97 Å². The number of likely N-dealkylation sites (N-methyl/N-ethyl adjacent to an activating group) is 1. The van der Waals surface area contributed by atoms with Crippen LogP contribution in [0.3, 0.4) is 0 Å². The second kappa shape index (κ2) is 15.1. The minimum Gasteiger partial charge on any atom is -0.475 e. The molecule has 8 nitrogen and oxygen atoms in total. The van der Waals surface area contributed by atoms with Gasteiger partial charge in [-0.25, -0.2) is 4.79 Å². The largest absolute Gasteiger partial charge is 0.475 e. The smallest absolute Gasteiger partial charge is 0.343 e. The molecule has 0 N–H and O–H groups in total. The Morgan fingerprint density at radius 2 is 1.76 bits per heavy atom. The molecule has 1 aliphatic rings. The summed E-state index contributed by atoms with van der Waals surface area (Å²) in [4.78, 5) is 26.0. The average Bonchev–Trinajstić information content (AvgIpc) is 3.46. The topological polar surface area (TPSA) is 87.6 Å². The molecule has 0 bridgehead atoms. The van der Waals surface area contributed by atoms with Crippen LogP contribution in [0.15, 0.2) is 60.7 Å². The van der Waals surface area contributed by atoms with Crippen LogP contribution in [0.2, 0.25) is 0 Å². The fourth-order valence-corrected chi connectivity index (χ4v) is 5.95. The number of ether oxygens (including phenoxy) is 3. The van der Waals surface area contributed by atoms with Crippen molar-refractivity contribution in [3.05, 3.63) is 77.5 Å². The van der Waals surface area contributed by atoms with Crippen LogP contribution >= 0.6 is 11.7 Å². The highest BCUT2D eigenvalue weighted by Crippen LogP contribution is 2.33. The Morgan fingerprint density at radius 3 is 2.52 bits per heavy atom. The summed E-state index contributed by atoms with van der Waals surface area (Å²) in [7, 11) is 2.13. The molecule has 2 unspecified atom stereocenters. The predicted octanol–water partition coefficient (Wildman–Crippen LogP) is 6.72. The second-order valence-electron chi connectivity index (χ2n) is 11.4. The van der Waals surface area contributed by atoms with Crippen molar-refractivity contribution in [3.8, 4) is 11.6 Å². The van der Waals surface area contributed by atoms with Crippen molar-refractivity contribution in [2.45, 2.75) is 65.5 Å². The summed E-state index contributed by atoms with van der Waals surface area (Å²) in [5.74, 6) is 0.191. The van der Waals surface area contributed by atoms with E-state index in [1.165, 1.54) is 12.8 Å². The summed E-state index contributed by atoms with van der Waals surface area (Å²) in [5, 5.41) is 0. The monoisotopic (exact) mass is 592 g/mol. The number of aromatic nitrogens is 2. The van der Waals surface area contributed by atoms with Gasteiger partial charge in [0.25, 0.3) is 5.88 Å². The van der Waals surface area contributed by atoms with Gasteiger partial charge in [0.15, 0.2) is 0 Å². The van der Waals surface area contributed by atoms with Crippen LogP contribution in [0.4, 0.5) is 0 Å². The first-order valence-corrected chi connectivity index (χ1v) is 15.6. The van der Waals surface area contributed by atoms with Gasteiger partial charge in [-0.3, -0.25) is 9.28 Å². The average molecular weight is 593 g/mol. The van der Waals surface area contributed by atoms with Crippen LogP contribution in [-0.4, -0.2) is 58.1 Å². The third-order valence-corrected chi connectivity index (χ3v) is 8.03. The Balaban J connectivity index is 1.42. The lowest BCUT2D eigenvalue weighted by Crippen LogP contribution is -2.58. The molecule has 2 heterocycles. The fourth-order valence-electron chi connectivity index (χ4n) is 5.42. The van der Waals surface area contributed by atoms with E-state index in [-0.39, 0.29) is 24.5 Å². The van der Waals surface area contributed by atoms with Gasteiger partial charge in [-0.1, -0.05) is 82.5 Å². The lowest BCUT2D eigenvalue weighted by molar-refractivity contribution is -0.950. The molecule has 4 rings (SSSR count). The quantitative estimate of drug-likeness (QED) is 0.0889. The molecule has 0 saturated carbocycles. The van der Waals surface area contributed by atoms with Gasteiger partial charge >= 0.3 is 11.9 Å². The van der Waals surface area contributed by atoms with E-state index in [2.05, 4.69) is 42.6 Å². The van der Waals surface area contributed by atoms with Gasteiger partial charge in [-0.15, -0.1) is 4.37 Å². The minimum absolute atomic E-state index is 0.00378. The molecular formula is C33H42N3O5S+. The molecule has 1 aliphatic heterocycles. The lowest BCUT2D eigenvalue weighted by atomic mass is 10.0. The summed E-state index contributed by atoms with van der Waals surface area (Å²) in [6.45, 7) is 8.45. The zero-order valence-corrected chi connectivity index (χ0v) is 25.9. The molecule has 1 aromatic heterocycles. The fraction of sp³-hybridized carbons (Fsp3) is 0.455. The summed E-state index contributed by atoms with van der Waals surface area (Å²) in [6.07, 6.45) is 7.19. The normalized spacial score (nSPS) is 17.4. The molecule has 224 valence electrons. The standard InChI is InChI=1S/C33H42N3O5S/c1-5-6-7-13-21-39-31-30(34-42-35-31)27-18-14-20-36(4,23-27)32(24(2)3)41-29(37)22-26-17-11-12-19-28(26)40-33(38)25-15-9-8-10-16-25/h8-12,15-19,24,32H,5-7,13-14,20-23H2,1-4H3/q+1. The Bertz CT molecular complexity index is 1360. The summed E-state index contributed by atoms with van der Waals surface area (Å²) in [6, 6.07) is 15.9. The number of hydrogen-bond donors (Lipinski definition) is 0. The van der Waals surface area contributed by atoms with E-state index in [0.29, 0.717) is 40.4 Å².